The Kier molecular flexibility index (Phi) is 7.52. The molecule has 0 radical (unpaired) electrons. The van der Waals surface area contributed by atoms with Crippen LogP contribution in [0.5, 0.6) is 5.75 Å². The Labute approximate surface area is 188 Å². The predicted octanol–water partition coefficient (Wildman–Crippen LogP) is 3.30. The van der Waals surface area contributed by atoms with E-state index in [9.17, 15) is 18.0 Å². The molecule has 1 aliphatic rings. The molecule has 2 aromatic rings. The summed E-state index contributed by atoms with van der Waals surface area (Å²) in [5.74, 6) is -0.0227. The smallest absolute Gasteiger partial charge is 0.338 e. The van der Waals surface area contributed by atoms with E-state index >= 15 is 0 Å². The Morgan fingerprint density at radius 2 is 1.62 bits per heavy atom. The van der Waals surface area contributed by atoms with Crippen molar-refractivity contribution in [1.82, 2.24) is 4.31 Å². The molecule has 0 bridgehead atoms. The van der Waals surface area contributed by atoms with Crippen molar-refractivity contribution in [3.63, 3.8) is 0 Å². The highest BCUT2D eigenvalue weighted by atomic mass is 32.2. The lowest BCUT2D eigenvalue weighted by atomic mass is 10.0. The number of carbonyl (C=O) groups is 2. The van der Waals surface area contributed by atoms with Gasteiger partial charge in [-0.05, 0) is 74.2 Å². The number of methoxy groups -OCH3 is 1. The first-order chi connectivity index (χ1) is 15.2. The number of amides is 1. The number of rotatable bonds is 7. The minimum atomic E-state index is -3.60. The van der Waals surface area contributed by atoms with Gasteiger partial charge >= 0.3 is 5.97 Å². The second-order valence-corrected chi connectivity index (χ2v) is 9.81. The number of hydrogen-bond acceptors (Lipinski definition) is 6. The summed E-state index contributed by atoms with van der Waals surface area (Å²) in [4.78, 5) is 24.9. The summed E-state index contributed by atoms with van der Waals surface area (Å²) in [5.41, 5.74) is 0.709. The highest BCUT2D eigenvalue weighted by molar-refractivity contribution is 7.89. The van der Waals surface area contributed by atoms with Crippen molar-refractivity contribution < 1.29 is 27.5 Å². The Morgan fingerprint density at radius 3 is 2.19 bits per heavy atom. The highest BCUT2D eigenvalue weighted by Crippen LogP contribution is 2.24. The molecule has 1 unspecified atom stereocenters. The number of sulfonamides is 1. The number of nitrogens with zero attached hydrogens (tertiary/aromatic N) is 1. The number of piperidine rings is 1. The van der Waals surface area contributed by atoms with Gasteiger partial charge in [0.1, 0.15) is 5.75 Å². The van der Waals surface area contributed by atoms with E-state index < -0.39 is 28.0 Å². The molecule has 1 aliphatic heterocycles. The van der Waals surface area contributed by atoms with E-state index in [0.717, 1.165) is 12.8 Å². The monoisotopic (exact) mass is 460 g/mol. The van der Waals surface area contributed by atoms with Crippen LogP contribution in [0.15, 0.2) is 53.4 Å². The molecule has 1 fully saturated rings. The van der Waals surface area contributed by atoms with E-state index in [2.05, 4.69) is 12.2 Å². The summed E-state index contributed by atoms with van der Waals surface area (Å²) < 4.78 is 37.4. The van der Waals surface area contributed by atoms with Gasteiger partial charge in [-0.3, -0.25) is 4.79 Å². The molecule has 3 rings (SSSR count). The van der Waals surface area contributed by atoms with Gasteiger partial charge in [0.25, 0.3) is 5.91 Å². The molecule has 0 aromatic heterocycles. The minimum absolute atomic E-state index is 0.133. The molecule has 0 aliphatic carbocycles. The molecule has 1 N–H and O–H groups in total. The van der Waals surface area contributed by atoms with E-state index in [1.165, 1.54) is 35.5 Å². The molecule has 9 heteroatoms. The van der Waals surface area contributed by atoms with Gasteiger partial charge < -0.3 is 14.8 Å². The Hall–Kier alpha value is -2.91. The number of carbonyl (C=O) groups excluding carboxylic acids is 2. The number of anilines is 1. The van der Waals surface area contributed by atoms with Crippen LogP contribution in [0.2, 0.25) is 0 Å². The van der Waals surface area contributed by atoms with Crippen LogP contribution in [0.3, 0.4) is 0 Å². The van der Waals surface area contributed by atoms with Crippen molar-refractivity contribution in [1.29, 1.82) is 0 Å². The lowest BCUT2D eigenvalue weighted by Crippen LogP contribution is -2.37. The zero-order valence-corrected chi connectivity index (χ0v) is 19.2. The van der Waals surface area contributed by atoms with Crippen molar-refractivity contribution in [2.75, 3.05) is 25.5 Å². The van der Waals surface area contributed by atoms with Gasteiger partial charge in [0.05, 0.1) is 17.6 Å². The second kappa shape index (κ2) is 10.1. The van der Waals surface area contributed by atoms with Gasteiger partial charge in [0.2, 0.25) is 10.0 Å². The molecule has 0 saturated carbocycles. The first-order valence-electron chi connectivity index (χ1n) is 10.5. The van der Waals surface area contributed by atoms with Crippen molar-refractivity contribution in [2.45, 2.75) is 37.7 Å². The SMILES string of the molecule is COc1ccc(NC(=O)C(C)OC(=O)c2ccc(S(=O)(=O)N3CCC(C)CC3)cc2)cc1. The molecule has 172 valence electrons. The molecule has 1 amide bonds. The third-order valence-electron chi connectivity index (χ3n) is 5.48. The number of ether oxygens (including phenoxy) is 2. The zero-order chi connectivity index (χ0) is 23.3. The molecule has 2 aromatic carbocycles. The number of esters is 1. The summed E-state index contributed by atoms with van der Waals surface area (Å²) in [6.45, 7) is 4.57. The maximum absolute atomic E-state index is 12.8. The van der Waals surface area contributed by atoms with E-state index in [4.69, 9.17) is 9.47 Å². The quantitative estimate of drug-likeness (QED) is 0.636. The normalized spacial score (nSPS) is 16.2. The van der Waals surface area contributed by atoms with Crippen LogP contribution in [0.4, 0.5) is 5.69 Å². The highest BCUT2D eigenvalue weighted by Gasteiger charge is 2.28. The van der Waals surface area contributed by atoms with Crippen molar-refractivity contribution >= 4 is 27.6 Å². The van der Waals surface area contributed by atoms with Crippen LogP contribution >= 0.6 is 0 Å². The molecule has 0 spiro atoms. The van der Waals surface area contributed by atoms with Crippen LogP contribution < -0.4 is 10.1 Å². The summed E-state index contributed by atoms with van der Waals surface area (Å²) in [7, 11) is -2.05. The molecule has 1 saturated heterocycles. The van der Waals surface area contributed by atoms with E-state index in [1.54, 1.807) is 31.4 Å². The molecule has 8 nitrogen and oxygen atoms in total. The van der Waals surface area contributed by atoms with Crippen molar-refractivity contribution in [3.8, 4) is 5.75 Å². The number of benzene rings is 2. The molecular weight excluding hydrogens is 432 g/mol. The molecular formula is C23H28N2O6S. The van der Waals surface area contributed by atoms with Gasteiger partial charge in [0.15, 0.2) is 6.10 Å². The summed E-state index contributed by atoms with van der Waals surface area (Å²) >= 11 is 0. The lowest BCUT2D eigenvalue weighted by Gasteiger charge is -2.29. The van der Waals surface area contributed by atoms with E-state index in [-0.39, 0.29) is 10.5 Å². The van der Waals surface area contributed by atoms with Crippen LogP contribution in [-0.4, -0.2) is 50.9 Å². The maximum Gasteiger partial charge on any atom is 0.338 e. The van der Waals surface area contributed by atoms with Crippen LogP contribution in [0, 0.1) is 5.92 Å². The van der Waals surface area contributed by atoms with Gasteiger partial charge in [0, 0.05) is 18.8 Å². The summed E-state index contributed by atoms with van der Waals surface area (Å²) in [5, 5.41) is 2.66. The molecule has 1 atom stereocenters. The maximum atomic E-state index is 12.8. The van der Waals surface area contributed by atoms with Crippen LogP contribution in [-0.2, 0) is 19.6 Å². The molecule has 1 heterocycles. The van der Waals surface area contributed by atoms with Gasteiger partial charge in [-0.25, -0.2) is 13.2 Å². The van der Waals surface area contributed by atoms with Crippen LogP contribution in [0.25, 0.3) is 0 Å². The minimum Gasteiger partial charge on any atom is -0.497 e. The predicted molar refractivity (Wildman–Crippen MR) is 120 cm³/mol. The first-order valence-corrected chi connectivity index (χ1v) is 11.9. The Bertz CT molecular complexity index is 1040. The third-order valence-corrected chi connectivity index (χ3v) is 7.39. The fourth-order valence-electron chi connectivity index (χ4n) is 3.34. The van der Waals surface area contributed by atoms with E-state index in [1.807, 2.05) is 0 Å². The zero-order valence-electron chi connectivity index (χ0n) is 18.4. The Balaban J connectivity index is 1.59. The average molecular weight is 461 g/mol. The summed E-state index contributed by atoms with van der Waals surface area (Å²) in [6.07, 6.45) is 0.628. The van der Waals surface area contributed by atoms with Gasteiger partial charge in [-0.1, -0.05) is 6.92 Å². The number of nitrogens with one attached hydrogen (secondary N) is 1. The average Bonchev–Trinajstić information content (AvgIpc) is 2.79. The van der Waals surface area contributed by atoms with Crippen molar-refractivity contribution in [2.24, 2.45) is 5.92 Å². The van der Waals surface area contributed by atoms with Crippen LogP contribution in [0.1, 0.15) is 37.0 Å². The summed E-state index contributed by atoms with van der Waals surface area (Å²) in [6, 6.07) is 12.3. The van der Waals surface area contributed by atoms with Crippen molar-refractivity contribution in [3.05, 3.63) is 54.1 Å². The fourth-order valence-corrected chi connectivity index (χ4v) is 4.81. The first kappa shape index (κ1) is 23.7. The standard InChI is InChI=1S/C23H28N2O6S/c1-16-12-14-25(15-13-16)32(28,29)21-10-4-18(5-11-21)23(27)31-17(2)22(26)24-19-6-8-20(30-3)9-7-19/h4-11,16-17H,12-15H2,1-3H3,(H,24,26). The van der Waals surface area contributed by atoms with E-state index in [0.29, 0.717) is 30.4 Å². The van der Waals surface area contributed by atoms with Gasteiger partial charge in [-0.15, -0.1) is 0 Å². The Morgan fingerprint density at radius 1 is 1.03 bits per heavy atom. The fraction of sp³-hybridized carbons (Fsp3) is 0.391. The number of hydrogen-bond donors (Lipinski definition) is 1. The third kappa shape index (κ3) is 5.66. The second-order valence-electron chi connectivity index (χ2n) is 7.88. The topological polar surface area (TPSA) is 102 Å². The largest absolute Gasteiger partial charge is 0.497 e. The lowest BCUT2D eigenvalue weighted by molar-refractivity contribution is -0.123. The molecule has 32 heavy (non-hydrogen) atoms. The van der Waals surface area contributed by atoms with Gasteiger partial charge in [-0.2, -0.15) is 4.31 Å².